The van der Waals surface area contributed by atoms with Crippen LogP contribution in [-0.2, 0) is 14.3 Å². The standard InChI is InChI=1S/C16H26O7/c1-15(2)7-4-16(3,14(15)21)5-8(7)22-13-12(20)11(19)10(18)9(6-17)23-13/h7-13,17-20H,4-6H2,1-3H3. The second-order valence-electron chi connectivity index (χ2n) is 8.00. The van der Waals surface area contributed by atoms with Crippen molar-refractivity contribution in [1.29, 1.82) is 0 Å². The van der Waals surface area contributed by atoms with Crippen molar-refractivity contribution in [3.8, 4) is 0 Å². The number of carbonyl (C=O) groups excluding carboxylic acids is 1. The molecule has 2 saturated carbocycles. The minimum Gasteiger partial charge on any atom is -0.394 e. The van der Waals surface area contributed by atoms with E-state index >= 15 is 0 Å². The number of carbonyl (C=O) groups is 1. The number of aliphatic hydroxyl groups is 4. The molecule has 3 fully saturated rings. The molecule has 1 aliphatic heterocycles. The highest BCUT2D eigenvalue weighted by atomic mass is 16.7. The minimum absolute atomic E-state index is 0.0207. The van der Waals surface area contributed by atoms with Crippen LogP contribution in [0.5, 0.6) is 0 Å². The van der Waals surface area contributed by atoms with Crippen molar-refractivity contribution in [2.45, 2.75) is 70.4 Å². The lowest BCUT2D eigenvalue weighted by atomic mass is 9.70. The molecule has 7 heteroatoms. The number of ketones is 1. The van der Waals surface area contributed by atoms with Crippen molar-refractivity contribution in [2.24, 2.45) is 16.7 Å². The van der Waals surface area contributed by atoms with Gasteiger partial charge in [-0.05, 0) is 18.8 Å². The molecular formula is C16H26O7. The second-order valence-corrected chi connectivity index (χ2v) is 8.00. The summed E-state index contributed by atoms with van der Waals surface area (Å²) in [7, 11) is 0. The smallest absolute Gasteiger partial charge is 0.186 e. The Balaban J connectivity index is 1.74. The Hall–Kier alpha value is -0.570. The largest absolute Gasteiger partial charge is 0.394 e. The zero-order chi connectivity index (χ0) is 17.2. The van der Waals surface area contributed by atoms with Crippen LogP contribution in [-0.4, -0.2) is 69.6 Å². The fraction of sp³-hybridized carbons (Fsp3) is 0.938. The first-order valence-electron chi connectivity index (χ1n) is 8.12. The maximum absolute atomic E-state index is 12.5. The molecule has 3 rings (SSSR count). The van der Waals surface area contributed by atoms with Gasteiger partial charge in [-0.25, -0.2) is 0 Å². The predicted molar refractivity (Wildman–Crippen MR) is 78.3 cm³/mol. The highest BCUT2D eigenvalue weighted by molar-refractivity contribution is 5.93. The third-order valence-electron chi connectivity index (χ3n) is 5.99. The van der Waals surface area contributed by atoms with E-state index in [1.165, 1.54) is 0 Å². The van der Waals surface area contributed by atoms with E-state index in [-0.39, 0.29) is 17.8 Å². The van der Waals surface area contributed by atoms with Gasteiger partial charge in [-0.1, -0.05) is 20.8 Å². The van der Waals surface area contributed by atoms with Gasteiger partial charge in [-0.3, -0.25) is 4.79 Å². The van der Waals surface area contributed by atoms with E-state index < -0.39 is 48.1 Å². The summed E-state index contributed by atoms with van der Waals surface area (Å²) in [5.74, 6) is 0.260. The van der Waals surface area contributed by atoms with Crippen LogP contribution >= 0.6 is 0 Å². The summed E-state index contributed by atoms with van der Waals surface area (Å²) in [5, 5.41) is 39.0. The maximum atomic E-state index is 12.5. The number of hydrogen-bond donors (Lipinski definition) is 4. The molecule has 7 nitrogen and oxygen atoms in total. The van der Waals surface area contributed by atoms with E-state index in [4.69, 9.17) is 9.47 Å². The molecule has 132 valence electrons. The number of hydrogen-bond acceptors (Lipinski definition) is 7. The van der Waals surface area contributed by atoms with Crippen LogP contribution in [0.15, 0.2) is 0 Å². The number of fused-ring (bicyclic) bond motifs is 2. The van der Waals surface area contributed by atoms with Gasteiger partial charge in [0.2, 0.25) is 0 Å². The molecule has 2 bridgehead atoms. The summed E-state index contributed by atoms with van der Waals surface area (Å²) in [6.45, 7) is 5.27. The summed E-state index contributed by atoms with van der Waals surface area (Å²) in [6, 6.07) is 0. The summed E-state index contributed by atoms with van der Waals surface area (Å²) in [4.78, 5) is 12.5. The Morgan fingerprint density at radius 1 is 1.13 bits per heavy atom. The van der Waals surface area contributed by atoms with Gasteiger partial charge in [-0.2, -0.15) is 0 Å². The third kappa shape index (κ3) is 2.45. The molecule has 1 heterocycles. The van der Waals surface area contributed by atoms with Crippen molar-refractivity contribution >= 4 is 5.78 Å². The predicted octanol–water partition coefficient (Wildman–Crippen LogP) is -0.803. The fourth-order valence-corrected chi connectivity index (χ4v) is 4.63. The number of rotatable bonds is 3. The van der Waals surface area contributed by atoms with Crippen LogP contribution < -0.4 is 0 Å². The first-order chi connectivity index (χ1) is 10.6. The monoisotopic (exact) mass is 330 g/mol. The van der Waals surface area contributed by atoms with Gasteiger partial charge in [0.25, 0.3) is 0 Å². The van der Waals surface area contributed by atoms with Crippen molar-refractivity contribution in [3.63, 3.8) is 0 Å². The molecule has 8 unspecified atom stereocenters. The maximum Gasteiger partial charge on any atom is 0.186 e. The Labute approximate surface area is 135 Å². The first kappa shape index (κ1) is 17.3. The number of ether oxygens (including phenoxy) is 2. The number of aliphatic hydroxyl groups excluding tert-OH is 4. The molecule has 8 atom stereocenters. The summed E-state index contributed by atoms with van der Waals surface area (Å²) < 4.78 is 11.3. The van der Waals surface area contributed by atoms with Crippen LogP contribution in [0.4, 0.5) is 0 Å². The zero-order valence-corrected chi connectivity index (χ0v) is 13.7. The molecule has 1 saturated heterocycles. The third-order valence-corrected chi connectivity index (χ3v) is 5.99. The summed E-state index contributed by atoms with van der Waals surface area (Å²) >= 11 is 0. The van der Waals surface area contributed by atoms with E-state index in [1.54, 1.807) is 0 Å². The molecule has 2 aliphatic carbocycles. The molecule has 0 amide bonds. The molecule has 0 radical (unpaired) electrons. The summed E-state index contributed by atoms with van der Waals surface area (Å²) in [5.41, 5.74) is -0.918. The summed E-state index contributed by atoms with van der Waals surface area (Å²) in [6.07, 6.45) is -5.35. The van der Waals surface area contributed by atoms with E-state index in [2.05, 4.69) is 0 Å². The molecule has 0 aromatic carbocycles. The number of Topliss-reactive ketones (excluding diaryl/α,β-unsaturated/α-hetero) is 1. The minimum atomic E-state index is -1.45. The van der Waals surface area contributed by atoms with Gasteiger partial charge in [0.15, 0.2) is 6.29 Å². The average Bonchev–Trinajstić information content (AvgIpc) is 2.92. The Morgan fingerprint density at radius 2 is 1.78 bits per heavy atom. The van der Waals surface area contributed by atoms with Crippen molar-refractivity contribution in [2.75, 3.05) is 6.61 Å². The van der Waals surface area contributed by atoms with Crippen LogP contribution in [0.1, 0.15) is 33.6 Å². The van der Waals surface area contributed by atoms with Gasteiger partial charge in [0, 0.05) is 10.8 Å². The van der Waals surface area contributed by atoms with Gasteiger partial charge in [0.1, 0.15) is 30.2 Å². The Kier molecular flexibility index (Phi) is 4.11. The van der Waals surface area contributed by atoms with E-state index in [0.29, 0.717) is 6.42 Å². The Morgan fingerprint density at radius 3 is 2.30 bits per heavy atom. The topological polar surface area (TPSA) is 116 Å². The van der Waals surface area contributed by atoms with E-state index in [9.17, 15) is 25.2 Å². The van der Waals surface area contributed by atoms with Crippen LogP contribution in [0, 0.1) is 16.7 Å². The van der Waals surface area contributed by atoms with Crippen molar-refractivity contribution < 1.29 is 34.7 Å². The van der Waals surface area contributed by atoms with Crippen molar-refractivity contribution in [1.82, 2.24) is 0 Å². The SMILES string of the molecule is CC12CC(OC3OC(CO)C(O)C(O)C3O)C(C1)C(C)(C)C2=O. The van der Waals surface area contributed by atoms with Crippen LogP contribution in [0.3, 0.4) is 0 Å². The van der Waals surface area contributed by atoms with Crippen molar-refractivity contribution in [3.05, 3.63) is 0 Å². The lowest BCUT2D eigenvalue weighted by Gasteiger charge is -2.43. The van der Waals surface area contributed by atoms with E-state index in [1.807, 2.05) is 20.8 Å². The lowest BCUT2D eigenvalue weighted by molar-refractivity contribution is -0.316. The highest BCUT2D eigenvalue weighted by Crippen LogP contribution is 2.60. The van der Waals surface area contributed by atoms with E-state index in [0.717, 1.165) is 6.42 Å². The average molecular weight is 330 g/mol. The van der Waals surface area contributed by atoms with Crippen LogP contribution in [0.2, 0.25) is 0 Å². The normalized spacial score (nSPS) is 52.1. The lowest BCUT2D eigenvalue weighted by Crippen LogP contribution is -2.60. The quantitative estimate of drug-likeness (QED) is 0.535. The molecule has 4 N–H and O–H groups in total. The fourth-order valence-electron chi connectivity index (χ4n) is 4.63. The first-order valence-corrected chi connectivity index (χ1v) is 8.12. The Bertz CT molecular complexity index is 484. The molecule has 23 heavy (non-hydrogen) atoms. The second kappa shape index (κ2) is 5.47. The van der Waals surface area contributed by atoms with Gasteiger partial charge < -0.3 is 29.9 Å². The van der Waals surface area contributed by atoms with Gasteiger partial charge in [0.05, 0.1) is 12.7 Å². The van der Waals surface area contributed by atoms with Gasteiger partial charge in [-0.15, -0.1) is 0 Å². The molecule has 0 spiro atoms. The molecule has 3 aliphatic rings. The highest BCUT2D eigenvalue weighted by Gasteiger charge is 2.64. The van der Waals surface area contributed by atoms with Gasteiger partial charge >= 0.3 is 0 Å². The van der Waals surface area contributed by atoms with Crippen LogP contribution in [0.25, 0.3) is 0 Å². The molecular weight excluding hydrogens is 304 g/mol. The molecule has 0 aromatic heterocycles. The molecule has 0 aromatic rings. The zero-order valence-electron chi connectivity index (χ0n) is 13.7.